The molecule has 1 nitrogen and oxygen atoms in total. The smallest absolute Gasteiger partial charge is 0.0479 e. The van der Waals surface area contributed by atoms with E-state index < -0.39 is 0 Å². The number of nitrogen functional groups attached to an aromatic ring is 1. The fraction of sp³-hybridized carbons (Fsp3) is 0.438. The van der Waals surface area contributed by atoms with E-state index in [2.05, 4.69) is 109 Å². The minimum atomic E-state index is 0.129. The Labute approximate surface area is 199 Å². The number of fused-ring (bicyclic) bond motifs is 2. The Bertz CT molecular complexity index is 1330. The highest BCUT2D eigenvalue weighted by Gasteiger charge is 2.45. The Balaban J connectivity index is 1.64. The van der Waals surface area contributed by atoms with Crippen LogP contribution in [0.5, 0.6) is 0 Å². The van der Waals surface area contributed by atoms with Crippen LogP contribution in [0.4, 0.5) is 5.69 Å². The Morgan fingerprint density at radius 3 is 2.06 bits per heavy atom. The highest BCUT2D eigenvalue weighted by molar-refractivity contribution is 5.91. The Morgan fingerprint density at radius 2 is 1.33 bits per heavy atom. The summed E-state index contributed by atoms with van der Waals surface area (Å²) in [6, 6.07) is 13.4. The van der Waals surface area contributed by atoms with Gasteiger partial charge < -0.3 is 5.73 Å². The molecule has 0 saturated heterocycles. The van der Waals surface area contributed by atoms with Crippen molar-refractivity contribution in [3.8, 4) is 11.1 Å². The zero-order valence-electron chi connectivity index (χ0n) is 21.5. The first-order valence-corrected chi connectivity index (χ1v) is 12.3. The molecule has 0 amide bonds. The van der Waals surface area contributed by atoms with Crippen molar-refractivity contribution < 1.29 is 0 Å². The van der Waals surface area contributed by atoms with Crippen molar-refractivity contribution in [1.29, 1.82) is 0 Å². The Kier molecular flexibility index (Phi) is 4.46. The average molecular weight is 436 g/mol. The largest absolute Gasteiger partial charge is 0.398 e. The van der Waals surface area contributed by atoms with E-state index in [-0.39, 0.29) is 21.7 Å². The lowest BCUT2D eigenvalue weighted by Gasteiger charge is -2.22. The van der Waals surface area contributed by atoms with E-state index in [1.54, 1.807) is 0 Å². The van der Waals surface area contributed by atoms with E-state index in [0.29, 0.717) is 0 Å². The van der Waals surface area contributed by atoms with Crippen molar-refractivity contribution in [1.82, 2.24) is 0 Å². The lowest BCUT2D eigenvalue weighted by molar-refractivity contribution is 0.338. The predicted octanol–water partition coefficient (Wildman–Crippen LogP) is 8.35. The van der Waals surface area contributed by atoms with Crippen LogP contribution in [-0.2, 0) is 10.8 Å². The van der Waals surface area contributed by atoms with Gasteiger partial charge >= 0.3 is 0 Å². The topological polar surface area (TPSA) is 26.0 Å². The van der Waals surface area contributed by atoms with Gasteiger partial charge in [0.15, 0.2) is 0 Å². The zero-order valence-corrected chi connectivity index (χ0v) is 21.5. The van der Waals surface area contributed by atoms with Gasteiger partial charge in [0.2, 0.25) is 0 Å². The Morgan fingerprint density at radius 1 is 0.697 bits per heavy atom. The first kappa shape index (κ1) is 22.1. The molecule has 0 atom stereocenters. The van der Waals surface area contributed by atoms with Crippen LogP contribution in [0.1, 0.15) is 84.9 Å². The summed E-state index contributed by atoms with van der Waals surface area (Å²) in [5.41, 5.74) is 25.3. The van der Waals surface area contributed by atoms with Gasteiger partial charge in [0.25, 0.3) is 0 Å². The monoisotopic (exact) mass is 435 g/mol. The molecule has 0 spiro atoms. The molecule has 33 heavy (non-hydrogen) atoms. The third-order valence-corrected chi connectivity index (χ3v) is 8.24. The SMILES string of the molecule is CC1(C)CC(C)(C)C2=CC(c3cccc(-c4ccc5c(c4)C(C)(C)CC5(C)C)c3N)=C=C=C21. The van der Waals surface area contributed by atoms with Gasteiger partial charge in [-0.05, 0) is 62.8 Å². The number of hydrogen-bond donors (Lipinski definition) is 1. The molecule has 0 bridgehead atoms. The minimum Gasteiger partial charge on any atom is -0.398 e. The molecule has 1 fully saturated rings. The molecule has 1 saturated carbocycles. The molecule has 5 rings (SSSR count). The van der Waals surface area contributed by atoms with Crippen molar-refractivity contribution in [3.05, 3.63) is 81.8 Å². The summed E-state index contributed by atoms with van der Waals surface area (Å²) < 4.78 is 0. The van der Waals surface area contributed by atoms with Gasteiger partial charge in [-0.15, -0.1) is 0 Å². The summed E-state index contributed by atoms with van der Waals surface area (Å²) in [5.74, 6) is 0. The summed E-state index contributed by atoms with van der Waals surface area (Å²) in [6.07, 6.45) is 4.60. The molecule has 170 valence electrons. The quantitative estimate of drug-likeness (QED) is 0.372. The van der Waals surface area contributed by atoms with Crippen LogP contribution in [0.25, 0.3) is 16.7 Å². The maximum absolute atomic E-state index is 6.85. The van der Waals surface area contributed by atoms with Crippen LogP contribution in [0.3, 0.4) is 0 Å². The summed E-state index contributed by atoms with van der Waals surface area (Å²) in [4.78, 5) is 0. The molecule has 2 aromatic rings. The molecule has 0 aromatic heterocycles. The third-order valence-electron chi connectivity index (χ3n) is 8.24. The van der Waals surface area contributed by atoms with Gasteiger partial charge in [-0.3, -0.25) is 0 Å². The van der Waals surface area contributed by atoms with Crippen LogP contribution in [0, 0.1) is 10.8 Å². The number of anilines is 1. The highest BCUT2D eigenvalue weighted by atomic mass is 14.6. The maximum Gasteiger partial charge on any atom is 0.0479 e. The van der Waals surface area contributed by atoms with Crippen molar-refractivity contribution in [3.63, 3.8) is 0 Å². The predicted molar refractivity (Wildman–Crippen MR) is 141 cm³/mol. The number of benzene rings is 2. The normalized spacial score (nSPS) is 22.8. The molecule has 0 aliphatic heterocycles. The van der Waals surface area contributed by atoms with Crippen LogP contribution in [0.15, 0.2) is 65.1 Å². The second-order valence-electron chi connectivity index (χ2n) is 13.0. The van der Waals surface area contributed by atoms with E-state index in [4.69, 9.17) is 5.73 Å². The van der Waals surface area contributed by atoms with E-state index in [0.717, 1.165) is 28.8 Å². The van der Waals surface area contributed by atoms with Crippen LogP contribution in [-0.4, -0.2) is 0 Å². The molecule has 0 heterocycles. The van der Waals surface area contributed by atoms with E-state index in [9.17, 15) is 0 Å². The Hall–Kier alpha value is -2.72. The highest BCUT2D eigenvalue weighted by Crippen LogP contribution is 2.57. The van der Waals surface area contributed by atoms with E-state index in [1.807, 2.05) is 0 Å². The summed E-state index contributed by atoms with van der Waals surface area (Å²) in [7, 11) is 0. The van der Waals surface area contributed by atoms with Gasteiger partial charge in [0.1, 0.15) is 0 Å². The van der Waals surface area contributed by atoms with Gasteiger partial charge in [0, 0.05) is 28.0 Å². The molecule has 2 N–H and O–H groups in total. The molecule has 0 radical (unpaired) electrons. The average Bonchev–Trinajstić information content (AvgIpc) is 3.02. The lowest BCUT2D eigenvalue weighted by atomic mass is 9.82. The second kappa shape index (κ2) is 6.66. The van der Waals surface area contributed by atoms with Crippen LogP contribution in [0.2, 0.25) is 0 Å². The number of para-hydroxylation sites is 1. The van der Waals surface area contributed by atoms with Crippen molar-refractivity contribution >= 4 is 11.3 Å². The molecule has 3 aliphatic rings. The number of hydrogen-bond acceptors (Lipinski definition) is 1. The number of nitrogens with two attached hydrogens (primary N) is 1. The standard InChI is InChI=1S/C32H37N/c1-29(2)18-31(5,6)26-16-20(12-14-24(26)29)22-10-9-11-23(28(22)33)21-13-15-25-27(17-21)32(7,8)19-30(25,3)4/h9-12,14,16-17H,18-19,33H2,1-8H3. The van der Waals surface area contributed by atoms with Gasteiger partial charge in [0.05, 0.1) is 0 Å². The maximum atomic E-state index is 6.85. The van der Waals surface area contributed by atoms with Gasteiger partial charge in [-0.1, -0.05) is 103 Å². The van der Waals surface area contributed by atoms with Gasteiger partial charge in [-0.2, -0.15) is 0 Å². The fourth-order valence-electron chi connectivity index (χ4n) is 7.16. The van der Waals surface area contributed by atoms with Crippen LogP contribution < -0.4 is 5.73 Å². The molecular formula is C32H37N. The van der Waals surface area contributed by atoms with E-state index in [1.165, 1.54) is 34.3 Å². The first-order chi connectivity index (χ1) is 15.2. The van der Waals surface area contributed by atoms with Crippen molar-refractivity contribution in [2.24, 2.45) is 10.8 Å². The third kappa shape index (κ3) is 3.30. The minimum absolute atomic E-state index is 0.129. The first-order valence-electron chi connectivity index (χ1n) is 12.3. The zero-order chi connectivity index (χ0) is 24.0. The van der Waals surface area contributed by atoms with E-state index >= 15 is 0 Å². The van der Waals surface area contributed by atoms with Crippen molar-refractivity contribution in [2.45, 2.75) is 79.1 Å². The molecule has 3 aliphatic carbocycles. The summed E-state index contributed by atoms with van der Waals surface area (Å²) in [6.45, 7) is 18.8. The van der Waals surface area contributed by atoms with Gasteiger partial charge in [-0.25, -0.2) is 0 Å². The van der Waals surface area contributed by atoms with Crippen LogP contribution >= 0.6 is 0 Å². The fourth-order valence-corrected chi connectivity index (χ4v) is 7.16. The summed E-state index contributed by atoms with van der Waals surface area (Å²) in [5, 5.41) is 0. The molecule has 0 unspecified atom stereocenters. The molecule has 2 aromatic carbocycles. The molecular weight excluding hydrogens is 398 g/mol. The number of allylic oxidation sites excluding steroid dienone is 4. The second-order valence-corrected chi connectivity index (χ2v) is 13.0. The lowest BCUT2D eigenvalue weighted by Crippen LogP contribution is -2.17. The molecule has 1 heteroatoms. The summed E-state index contributed by atoms with van der Waals surface area (Å²) >= 11 is 0. The number of rotatable bonds is 2. The van der Waals surface area contributed by atoms with Crippen molar-refractivity contribution in [2.75, 3.05) is 5.73 Å².